The second kappa shape index (κ2) is 7.24. The van der Waals surface area contributed by atoms with E-state index in [-0.39, 0.29) is 30.0 Å². The van der Waals surface area contributed by atoms with Crippen LogP contribution in [0.25, 0.3) is 0 Å². The number of aliphatic hydroxyl groups excluding tert-OH is 1. The molecule has 5 nitrogen and oxygen atoms in total. The van der Waals surface area contributed by atoms with Crippen LogP contribution in [0.3, 0.4) is 0 Å². The van der Waals surface area contributed by atoms with Crippen molar-refractivity contribution < 1.29 is 9.90 Å². The summed E-state index contributed by atoms with van der Waals surface area (Å²) in [7, 11) is 0. The van der Waals surface area contributed by atoms with Gasteiger partial charge < -0.3 is 15.0 Å². The van der Waals surface area contributed by atoms with Crippen molar-refractivity contribution in [3.8, 4) is 0 Å². The summed E-state index contributed by atoms with van der Waals surface area (Å²) >= 11 is 0. The smallest absolute Gasteiger partial charge is 0.250 e. The number of aromatic nitrogens is 1. The molecule has 0 aliphatic heterocycles. The molecule has 1 aromatic heterocycles. The van der Waals surface area contributed by atoms with E-state index in [1.54, 1.807) is 18.3 Å². The zero-order chi connectivity index (χ0) is 14.4. The number of carbonyl (C=O) groups excluding carboxylic acids is 1. The van der Waals surface area contributed by atoms with Crippen LogP contribution in [0, 0.1) is 5.92 Å². The largest absolute Gasteiger partial charge is 0.396 e. The van der Waals surface area contributed by atoms with Crippen LogP contribution in [-0.4, -0.2) is 28.2 Å². The van der Waals surface area contributed by atoms with E-state index in [0.717, 1.165) is 25.7 Å². The van der Waals surface area contributed by atoms with Crippen molar-refractivity contribution in [1.82, 2.24) is 9.88 Å². The maximum atomic E-state index is 11.9. The van der Waals surface area contributed by atoms with Crippen LogP contribution in [0.4, 0.5) is 0 Å². The number of pyridine rings is 1. The molecule has 0 bridgehead atoms. The van der Waals surface area contributed by atoms with Crippen molar-refractivity contribution in [3.05, 3.63) is 34.7 Å². The molecule has 1 aliphatic rings. The van der Waals surface area contributed by atoms with Gasteiger partial charge in [0.15, 0.2) is 0 Å². The first kappa shape index (κ1) is 14.8. The molecule has 1 amide bonds. The lowest BCUT2D eigenvalue weighted by molar-refractivity contribution is -0.122. The first-order chi connectivity index (χ1) is 9.70. The molecule has 1 saturated carbocycles. The van der Waals surface area contributed by atoms with Crippen molar-refractivity contribution in [2.24, 2.45) is 5.92 Å². The van der Waals surface area contributed by atoms with E-state index < -0.39 is 0 Å². The Morgan fingerprint density at radius 1 is 1.35 bits per heavy atom. The second-order valence-electron chi connectivity index (χ2n) is 5.38. The van der Waals surface area contributed by atoms with E-state index >= 15 is 0 Å². The Kier molecular flexibility index (Phi) is 5.35. The minimum atomic E-state index is -0.0915. The molecule has 2 N–H and O–H groups in total. The fraction of sp³-hybridized carbons (Fsp3) is 0.600. The standard InChI is InChI=1S/C15H22N2O3/c18-11-12-5-1-2-6-13(12)16-14(19)8-10-17-9-4-3-7-15(17)20/h3-4,7,9,12-13,18H,1-2,5-6,8,10-11H2,(H,16,19). The van der Waals surface area contributed by atoms with Crippen LogP contribution in [0.5, 0.6) is 0 Å². The summed E-state index contributed by atoms with van der Waals surface area (Å²) in [6, 6.07) is 5.03. The Hall–Kier alpha value is -1.62. The predicted octanol–water partition coefficient (Wildman–Crippen LogP) is 0.906. The van der Waals surface area contributed by atoms with E-state index in [4.69, 9.17) is 0 Å². The second-order valence-corrected chi connectivity index (χ2v) is 5.38. The number of rotatable bonds is 5. The zero-order valence-corrected chi connectivity index (χ0v) is 11.6. The summed E-state index contributed by atoms with van der Waals surface area (Å²) in [4.78, 5) is 23.5. The maximum Gasteiger partial charge on any atom is 0.250 e. The highest BCUT2D eigenvalue weighted by Gasteiger charge is 2.25. The highest BCUT2D eigenvalue weighted by atomic mass is 16.3. The third-order valence-corrected chi connectivity index (χ3v) is 3.97. The van der Waals surface area contributed by atoms with E-state index in [0.29, 0.717) is 13.0 Å². The third-order valence-electron chi connectivity index (χ3n) is 3.97. The fourth-order valence-corrected chi connectivity index (χ4v) is 2.76. The van der Waals surface area contributed by atoms with Gasteiger partial charge in [0.1, 0.15) is 0 Å². The Balaban J connectivity index is 1.83. The maximum absolute atomic E-state index is 11.9. The minimum absolute atomic E-state index is 0.0499. The molecule has 0 spiro atoms. The Labute approximate surface area is 118 Å². The summed E-state index contributed by atoms with van der Waals surface area (Å²) in [5.41, 5.74) is -0.0915. The lowest BCUT2D eigenvalue weighted by atomic mass is 9.85. The molecular formula is C15H22N2O3. The number of aliphatic hydroxyl groups is 1. The average Bonchev–Trinajstić information content (AvgIpc) is 2.47. The van der Waals surface area contributed by atoms with Crippen molar-refractivity contribution in [2.45, 2.75) is 44.7 Å². The van der Waals surface area contributed by atoms with Crippen LogP contribution in [0.15, 0.2) is 29.2 Å². The van der Waals surface area contributed by atoms with Crippen molar-refractivity contribution in [1.29, 1.82) is 0 Å². The zero-order valence-electron chi connectivity index (χ0n) is 11.6. The highest BCUT2D eigenvalue weighted by Crippen LogP contribution is 2.23. The SMILES string of the molecule is O=C(CCn1ccccc1=O)NC1CCCCC1CO. The number of nitrogens with zero attached hydrogens (tertiary/aromatic N) is 1. The molecule has 1 aliphatic carbocycles. The summed E-state index contributed by atoms with van der Waals surface area (Å²) in [6.07, 6.45) is 6.10. The van der Waals surface area contributed by atoms with Gasteiger partial charge in [-0.15, -0.1) is 0 Å². The molecule has 2 atom stereocenters. The molecule has 20 heavy (non-hydrogen) atoms. The number of amides is 1. The number of nitrogens with one attached hydrogen (secondary N) is 1. The molecule has 5 heteroatoms. The first-order valence-corrected chi connectivity index (χ1v) is 7.26. The normalized spacial score (nSPS) is 22.4. The van der Waals surface area contributed by atoms with Gasteiger partial charge in [0.25, 0.3) is 5.56 Å². The summed E-state index contributed by atoms with van der Waals surface area (Å²) in [6.45, 7) is 0.519. The van der Waals surface area contributed by atoms with Crippen LogP contribution in [0.1, 0.15) is 32.1 Å². The van der Waals surface area contributed by atoms with Gasteiger partial charge in [0.05, 0.1) is 0 Å². The third kappa shape index (κ3) is 3.93. The molecule has 2 rings (SSSR count). The van der Waals surface area contributed by atoms with Crippen LogP contribution in [-0.2, 0) is 11.3 Å². The lowest BCUT2D eigenvalue weighted by Crippen LogP contribution is -2.43. The molecular weight excluding hydrogens is 256 g/mol. The monoisotopic (exact) mass is 278 g/mol. The van der Waals surface area contributed by atoms with Gasteiger partial charge in [-0.1, -0.05) is 18.9 Å². The van der Waals surface area contributed by atoms with Gasteiger partial charge in [-0.25, -0.2) is 0 Å². The molecule has 2 unspecified atom stereocenters. The van der Waals surface area contributed by atoms with Gasteiger partial charge in [0, 0.05) is 43.8 Å². The van der Waals surface area contributed by atoms with Crippen molar-refractivity contribution in [3.63, 3.8) is 0 Å². The average molecular weight is 278 g/mol. The summed E-state index contributed by atoms with van der Waals surface area (Å²) < 4.78 is 1.53. The van der Waals surface area contributed by atoms with E-state index in [1.165, 1.54) is 10.6 Å². The van der Waals surface area contributed by atoms with Gasteiger partial charge >= 0.3 is 0 Å². The fourth-order valence-electron chi connectivity index (χ4n) is 2.76. The van der Waals surface area contributed by atoms with Gasteiger partial charge in [-0.2, -0.15) is 0 Å². The quantitative estimate of drug-likeness (QED) is 0.841. The van der Waals surface area contributed by atoms with Crippen LogP contribution < -0.4 is 10.9 Å². The van der Waals surface area contributed by atoms with Crippen molar-refractivity contribution in [2.75, 3.05) is 6.61 Å². The molecule has 1 fully saturated rings. The topological polar surface area (TPSA) is 71.3 Å². The van der Waals surface area contributed by atoms with E-state index in [1.807, 2.05) is 0 Å². The van der Waals surface area contributed by atoms with Gasteiger partial charge in [-0.3, -0.25) is 9.59 Å². The predicted molar refractivity (Wildman–Crippen MR) is 76.3 cm³/mol. The van der Waals surface area contributed by atoms with E-state index in [2.05, 4.69) is 5.32 Å². The first-order valence-electron chi connectivity index (χ1n) is 7.26. The molecule has 1 heterocycles. The molecule has 0 saturated heterocycles. The summed E-state index contributed by atoms with van der Waals surface area (Å²) in [5, 5.41) is 12.3. The molecule has 0 aromatic carbocycles. The Bertz CT molecular complexity index is 498. The molecule has 1 aromatic rings. The van der Waals surface area contributed by atoms with Gasteiger partial charge in [0.2, 0.25) is 5.91 Å². The van der Waals surface area contributed by atoms with Crippen molar-refractivity contribution >= 4 is 5.91 Å². The lowest BCUT2D eigenvalue weighted by Gasteiger charge is -2.30. The number of hydrogen-bond donors (Lipinski definition) is 2. The van der Waals surface area contributed by atoms with E-state index in [9.17, 15) is 14.7 Å². The minimum Gasteiger partial charge on any atom is -0.396 e. The number of hydrogen-bond acceptors (Lipinski definition) is 3. The molecule has 0 radical (unpaired) electrons. The number of carbonyl (C=O) groups is 1. The summed E-state index contributed by atoms with van der Waals surface area (Å²) in [5.74, 6) is 0.123. The Morgan fingerprint density at radius 3 is 2.90 bits per heavy atom. The van der Waals surface area contributed by atoms with Gasteiger partial charge in [-0.05, 0) is 18.9 Å². The van der Waals surface area contributed by atoms with Crippen LogP contribution in [0.2, 0.25) is 0 Å². The number of aryl methyl sites for hydroxylation is 1. The molecule has 110 valence electrons. The Morgan fingerprint density at radius 2 is 2.15 bits per heavy atom. The van der Waals surface area contributed by atoms with Crippen LogP contribution >= 0.6 is 0 Å². The highest BCUT2D eigenvalue weighted by molar-refractivity contribution is 5.76.